The molecule has 0 aromatic heterocycles. The first kappa shape index (κ1) is 11.4. The molecule has 14 heavy (non-hydrogen) atoms. The first-order valence-electron chi connectivity index (χ1n) is 5.49. The monoisotopic (exact) mass is 195 g/mol. The van der Waals surface area contributed by atoms with Crippen molar-refractivity contribution in [2.24, 2.45) is 5.92 Å². The Morgan fingerprint density at radius 1 is 1.57 bits per heavy atom. The van der Waals surface area contributed by atoms with Crippen LogP contribution in [0.5, 0.6) is 0 Å². The zero-order chi connectivity index (χ0) is 10.7. The van der Waals surface area contributed by atoms with Crippen molar-refractivity contribution in [1.82, 2.24) is 4.90 Å². The Morgan fingerprint density at radius 3 is 2.79 bits per heavy atom. The van der Waals surface area contributed by atoms with Crippen molar-refractivity contribution in [3.8, 4) is 0 Å². The van der Waals surface area contributed by atoms with Gasteiger partial charge in [-0.1, -0.05) is 26.0 Å². The largest absolute Gasteiger partial charge is 0.299 e. The summed E-state index contributed by atoms with van der Waals surface area (Å²) in [5.74, 6) is 0.601. The number of hydrogen-bond donors (Lipinski definition) is 0. The second-order valence-corrected chi connectivity index (χ2v) is 4.32. The van der Waals surface area contributed by atoms with Crippen molar-refractivity contribution in [2.75, 3.05) is 13.1 Å². The van der Waals surface area contributed by atoms with Gasteiger partial charge in [-0.05, 0) is 13.3 Å². The maximum atomic E-state index is 11.5. The summed E-state index contributed by atoms with van der Waals surface area (Å²) in [6.07, 6.45) is 1.74. The standard InChI is InChI=1S/C12H21NO/c1-5-9(2)8-13-7-6-12(14)10(3)11(13)4/h10-11H,2,5-8H2,1,3-4H3. The molecule has 1 aliphatic rings. The molecular formula is C12H21NO. The van der Waals surface area contributed by atoms with Crippen LogP contribution in [0.3, 0.4) is 0 Å². The van der Waals surface area contributed by atoms with Crippen molar-refractivity contribution < 1.29 is 4.79 Å². The summed E-state index contributed by atoms with van der Waals surface area (Å²) in [4.78, 5) is 13.8. The molecule has 2 nitrogen and oxygen atoms in total. The van der Waals surface area contributed by atoms with Crippen molar-refractivity contribution in [2.45, 2.75) is 39.7 Å². The van der Waals surface area contributed by atoms with Crippen LogP contribution in [0.15, 0.2) is 12.2 Å². The van der Waals surface area contributed by atoms with Gasteiger partial charge in [-0.25, -0.2) is 0 Å². The molecule has 0 radical (unpaired) electrons. The minimum atomic E-state index is 0.188. The fraction of sp³-hybridized carbons (Fsp3) is 0.750. The number of rotatable bonds is 3. The zero-order valence-electron chi connectivity index (χ0n) is 9.55. The summed E-state index contributed by atoms with van der Waals surface area (Å²) in [7, 11) is 0. The molecule has 0 saturated carbocycles. The van der Waals surface area contributed by atoms with Crippen LogP contribution >= 0.6 is 0 Å². The van der Waals surface area contributed by atoms with Crippen LogP contribution in [0.2, 0.25) is 0 Å². The quantitative estimate of drug-likeness (QED) is 0.644. The summed E-state index contributed by atoms with van der Waals surface area (Å²) >= 11 is 0. The van der Waals surface area contributed by atoms with Crippen molar-refractivity contribution in [1.29, 1.82) is 0 Å². The molecular weight excluding hydrogens is 174 g/mol. The molecule has 2 unspecified atom stereocenters. The highest BCUT2D eigenvalue weighted by Gasteiger charge is 2.30. The molecule has 1 heterocycles. The van der Waals surface area contributed by atoms with E-state index < -0.39 is 0 Å². The van der Waals surface area contributed by atoms with Gasteiger partial charge in [0.25, 0.3) is 0 Å². The number of nitrogens with zero attached hydrogens (tertiary/aromatic N) is 1. The minimum Gasteiger partial charge on any atom is -0.299 e. The predicted molar refractivity (Wildman–Crippen MR) is 59.3 cm³/mol. The fourth-order valence-electron chi connectivity index (χ4n) is 1.89. The van der Waals surface area contributed by atoms with Gasteiger partial charge in [0.2, 0.25) is 0 Å². The van der Waals surface area contributed by atoms with E-state index in [4.69, 9.17) is 0 Å². The molecule has 0 bridgehead atoms. The lowest BCUT2D eigenvalue weighted by atomic mass is 9.90. The molecule has 2 heteroatoms. The molecule has 1 fully saturated rings. The summed E-state index contributed by atoms with van der Waals surface area (Å²) in [5, 5.41) is 0. The Morgan fingerprint density at radius 2 is 2.21 bits per heavy atom. The van der Waals surface area contributed by atoms with Gasteiger partial charge in [-0.2, -0.15) is 0 Å². The van der Waals surface area contributed by atoms with E-state index in [2.05, 4.69) is 25.3 Å². The summed E-state index contributed by atoms with van der Waals surface area (Å²) < 4.78 is 0. The second-order valence-electron chi connectivity index (χ2n) is 4.32. The number of piperidine rings is 1. The lowest BCUT2D eigenvalue weighted by molar-refractivity contribution is -0.127. The normalized spacial score (nSPS) is 29.2. The van der Waals surface area contributed by atoms with Gasteiger partial charge in [0.15, 0.2) is 0 Å². The molecule has 0 aliphatic carbocycles. The molecule has 0 N–H and O–H groups in total. The van der Waals surface area contributed by atoms with Gasteiger partial charge >= 0.3 is 0 Å². The van der Waals surface area contributed by atoms with Crippen LogP contribution in [0, 0.1) is 5.92 Å². The van der Waals surface area contributed by atoms with Crippen LogP contribution in [0.4, 0.5) is 0 Å². The van der Waals surface area contributed by atoms with Gasteiger partial charge < -0.3 is 0 Å². The van der Waals surface area contributed by atoms with Gasteiger partial charge in [0.1, 0.15) is 5.78 Å². The topological polar surface area (TPSA) is 20.3 Å². The maximum absolute atomic E-state index is 11.5. The Balaban J connectivity index is 2.55. The van der Waals surface area contributed by atoms with E-state index in [0.29, 0.717) is 18.2 Å². The van der Waals surface area contributed by atoms with E-state index in [1.54, 1.807) is 0 Å². The predicted octanol–water partition coefficient (Wildman–Crippen LogP) is 2.25. The average Bonchev–Trinajstić information content (AvgIpc) is 2.19. The average molecular weight is 195 g/mol. The Kier molecular flexibility index (Phi) is 3.87. The van der Waals surface area contributed by atoms with E-state index in [1.165, 1.54) is 5.57 Å². The molecule has 0 amide bonds. The maximum Gasteiger partial charge on any atom is 0.138 e. The lowest BCUT2D eigenvalue weighted by Gasteiger charge is -2.37. The summed E-state index contributed by atoms with van der Waals surface area (Å²) in [6.45, 7) is 12.2. The number of Topliss-reactive ketones (excluding diaryl/α,β-unsaturated/α-hetero) is 1. The number of carbonyl (C=O) groups is 1. The third-order valence-electron chi connectivity index (χ3n) is 3.38. The van der Waals surface area contributed by atoms with E-state index in [1.807, 2.05) is 6.92 Å². The van der Waals surface area contributed by atoms with Crippen LogP contribution in [0.1, 0.15) is 33.6 Å². The number of hydrogen-bond acceptors (Lipinski definition) is 2. The Bertz CT molecular complexity index is 234. The highest BCUT2D eigenvalue weighted by molar-refractivity contribution is 5.82. The molecule has 1 aliphatic heterocycles. The third-order valence-corrected chi connectivity index (χ3v) is 3.38. The molecule has 0 aromatic carbocycles. The van der Waals surface area contributed by atoms with Gasteiger partial charge in [-0.3, -0.25) is 9.69 Å². The van der Waals surface area contributed by atoms with E-state index in [0.717, 1.165) is 19.5 Å². The van der Waals surface area contributed by atoms with Crippen LogP contribution in [-0.4, -0.2) is 29.8 Å². The molecule has 80 valence electrons. The SMILES string of the molecule is C=C(CC)CN1CCC(=O)C(C)C1C. The smallest absolute Gasteiger partial charge is 0.138 e. The van der Waals surface area contributed by atoms with Gasteiger partial charge in [-0.15, -0.1) is 0 Å². The van der Waals surface area contributed by atoms with Crippen LogP contribution < -0.4 is 0 Å². The number of likely N-dealkylation sites (tertiary alicyclic amines) is 1. The van der Waals surface area contributed by atoms with E-state index >= 15 is 0 Å². The molecule has 0 aromatic rings. The highest BCUT2D eigenvalue weighted by Crippen LogP contribution is 2.21. The molecule has 0 spiro atoms. The third kappa shape index (κ3) is 2.44. The van der Waals surface area contributed by atoms with E-state index in [9.17, 15) is 4.79 Å². The van der Waals surface area contributed by atoms with Crippen LogP contribution in [0.25, 0.3) is 0 Å². The fourth-order valence-corrected chi connectivity index (χ4v) is 1.89. The molecule has 1 saturated heterocycles. The number of ketones is 1. The van der Waals surface area contributed by atoms with Gasteiger partial charge in [0.05, 0.1) is 0 Å². The summed E-state index contributed by atoms with van der Waals surface area (Å²) in [6, 6.07) is 0.375. The molecule has 1 rings (SSSR count). The summed E-state index contributed by atoms with van der Waals surface area (Å²) in [5.41, 5.74) is 1.26. The lowest BCUT2D eigenvalue weighted by Crippen LogP contribution is -2.47. The van der Waals surface area contributed by atoms with Crippen molar-refractivity contribution in [3.05, 3.63) is 12.2 Å². The van der Waals surface area contributed by atoms with E-state index in [-0.39, 0.29) is 5.92 Å². The Hall–Kier alpha value is -0.630. The van der Waals surface area contributed by atoms with Gasteiger partial charge in [0, 0.05) is 31.5 Å². The second kappa shape index (κ2) is 4.74. The van der Waals surface area contributed by atoms with Crippen molar-refractivity contribution in [3.63, 3.8) is 0 Å². The molecule has 2 atom stereocenters. The van der Waals surface area contributed by atoms with Crippen molar-refractivity contribution >= 4 is 5.78 Å². The zero-order valence-corrected chi connectivity index (χ0v) is 9.55. The Labute approximate surface area is 87.0 Å². The first-order chi connectivity index (χ1) is 6.56. The highest BCUT2D eigenvalue weighted by atomic mass is 16.1. The first-order valence-corrected chi connectivity index (χ1v) is 5.49. The minimum absolute atomic E-state index is 0.188. The number of carbonyl (C=O) groups excluding carboxylic acids is 1. The van der Waals surface area contributed by atoms with Crippen LogP contribution in [-0.2, 0) is 4.79 Å².